The highest BCUT2D eigenvalue weighted by molar-refractivity contribution is 9.10. The highest BCUT2D eigenvalue weighted by Gasteiger charge is 2.23. The van der Waals surface area contributed by atoms with Crippen molar-refractivity contribution in [3.05, 3.63) is 34.6 Å². The number of anilines is 1. The molecule has 0 bridgehead atoms. The molecule has 0 radical (unpaired) electrons. The van der Waals surface area contributed by atoms with E-state index in [1.165, 1.54) is 23.1 Å². The van der Waals surface area contributed by atoms with Gasteiger partial charge in [-0.15, -0.1) is 15.3 Å². The summed E-state index contributed by atoms with van der Waals surface area (Å²) < 4.78 is 3.49. The Morgan fingerprint density at radius 1 is 1.36 bits per heavy atom. The Morgan fingerprint density at radius 3 is 2.76 bits per heavy atom. The van der Waals surface area contributed by atoms with E-state index < -0.39 is 0 Å². The second-order valence-corrected chi connectivity index (χ2v) is 8.91. The van der Waals surface area contributed by atoms with Crippen molar-refractivity contribution in [2.45, 2.75) is 24.2 Å². The summed E-state index contributed by atoms with van der Waals surface area (Å²) in [5, 5.41) is 15.7. The number of thioether (sulfide) groups is 1. The number of hydrogen-bond acceptors (Lipinski definition) is 6. The molecule has 3 rings (SSSR count). The predicted octanol–water partition coefficient (Wildman–Crippen LogP) is 2.62. The van der Waals surface area contributed by atoms with Crippen LogP contribution in [0.25, 0.3) is 4.96 Å². The molecule has 0 aliphatic carbocycles. The number of hydrogen-bond donors (Lipinski definition) is 2. The average molecular weight is 442 g/mol. The lowest BCUT2D eigenvalue weighted by Crippen LogP contribution is -2.56. The molecule has 2 heterocycles. The van der Waals surface area contributed by atoms with Crippen LogP contribution in [0.1, 0.15) is 25.7 Å². The van der Waals surface area contributed by atoms with Gasteiger partial charge < -0.3 is 11.1 Å². The molecule has 2 aromatic heterocycles. The first-order valence-corrected chi connectivity index (χ1v) is 10.3. The lowest BCUT2D eigenvalue weighted by molar-refractivity contribution is -0.440. The van der Waals surface area contributed by atoms with Crippen molar-refractivity contribution < 1.29 is 10.5 Å². The first-order valence-electron chi connectivity index (χ1n) is 7.67. The minimum atomic E-state index is -0.0734. The fourth-order valence-corrected chi connectivity index (χ4v) is 4.01. The number of nitrogens with one attached hydrogen (secondary N) is 1. The topological polar surface area (TPSA) is 99.8 Å². The van der Waals surface area contributed by atoms with E-state index in [1.54, 1.807) is 4.52 Å². The van der Waals surface area contributed by atoms with E-state index in [-0.39, 0.29) is 17.7 Å². The van der Waals surface area contributed by atoms with Gasteiger partial charge in [0.25, 0.3) is 0 Å². The van der Waals surface area contributed by atoms with Crippen LogP contribution in [0.15, 0.2) is 33.1 Å². The first kappa shape index (κ1) is 18.3. The van der Waals surface area contributed by atoms with Gasteiger partial charge in [0.15, 0.2) is 4.34 Å². The minimum absolute atomic E-state index is 0.0238. The SMILES string of the molecule is CC(C)[C@H]([NH3+])c1nnc2sc(SCC(=O)Nc3ccc(Br)cc3)nn12. The van der Waals surface area contributed by atoms with E-state index in [2.05, 4.69) is 56.1 Å². The molecule has 10 heteroatoms. The van der Waals surface area contributed by atoms with Crippen molar-refractivity contribution >= 4 is 55.6 Å². The Bertz CT molecular complexity index is 876. The molecule has 7 nitrogen and oxygen atoms in total. The maximum absolute atomic E-state index is 12.1. The Kier molecular flexibility index (Phi) is 5.72. The van der Waals surface area contributed by atoms with E-state index in [9.17, 15) is 4.79 Å². The van der Waals surface area contributed by atoms with Gasteiger partial charge in [0.2, 0.25) is 16.7 Å². The zero-order chi connectivity index (χ0) is 18.0. The van der Waals surface area contributed by atoms with Gasteiger partial charge in [-0.3, -0.25) is 4.79 Å². The van der Waals surface area contributed by atoms with E-state index in [1.807, 2.05) is 24.3 Å². The van der Waals surface area contributed by atoms with Crippen LogP contribution >= 0.6 is 39.0 Å². The number of halogens is 1. The number of nitrogens with zero attached hydrogens (tertiary/aromatic N) is 4. The van der Waals surface area contributed by atoms with Crippen molar-refractivity contribution in [3.8, 4) is 0 Å². The van der Waals surface area contributed by atoms with Gasteiger partial charge in [-0.1, -0.05) is 52.9 Å². The summed E-state index contributed by atoms with van der Waals surface area (Å²) in [7, 11) is 0. The van der Waals surface area contributed by atoms with Crippen molar-refractivity contribution in [1.82, 2.24) is 19.8 Å². The third-order valence-corrected chi connectivity index (χ3v) is 6.15. The normalized spacial score (nSPS) is 12.7. The van der Waals surface area contributed by atoms with Crippen LogP contribution in [0.3, 0.4) is 0 Å². The summed E-state index contributed by atoms with van der Waals surface area (Å²) in [6.45, 7) is 4.18. The van der Waals surface area contributed by atoms with Gasteiger partial charge in [0, 0.05) is 16.1 Å². The molecule has 25 heavy (non-hydrogen) atoms. The van der Waals surface area contributed by atoms with Gasteiger partial charge in [-0.25, -0.2) is 0 Å². The van der Waals surface area contributed by atoms with Crippen LogP contribution in [0.4, 0.5) is 5.69 Å². The number of amides is 1. The quantitative estimate of drug-likeness (QED) is 0.572. The molecule has 4 N–H and O–H groups in total. The lowest BCUT2D eigenvalue weighted by Gasteiger charge is -2.08. The number of aromatic nitrogens is 4. The summed E-state index contributed by atoms with van der Waals surface area (Å²) in [6, 6.07) is 7.49. The Labute approximate surface area is 161 Å². The van der Waals surface area contributed by atoms with E-state index in [0.717, 1.165) is 25.3 Å². The molecule has 1 atom stereocenters. The van der Waals surface area contributed by atoms with Gasteiger partial charge in [0.05, 0.1) is 5.75 Å². The van der Waals surface area contributed by atoms with Gasteiger partial charge >= 0.3 is 0 Å². The smallest absolute Gasteiger partial charge is 0.235 e. The molecule has 0 aliphatic rings. The summed E-state index contributed by atoms with van der Waals surface area (Å²) in [5.41, 5.74) is 4.90. The van der Waals surface area contributed by atoms with Gasteiger partial charge in [-0.2, -0.15) is 4.52 Å². The predicted molar refractivity (Wildman–Crippen MR) is 103 cm³/mol. The second kappa shape index (κ2) is 7.81. The monoisotopic (exact) mass is 441 g/mol. The number of benzene rings is 1. The van der Waals surface area contributed by atoms with Crippen molar-refractivity contribution in [2.24, 2.45) is 5.92 Å². The highest BCUT2D eigenvalue weighted by Crippen LogP contribution is 2.26. The number of rotatable bonds is 6. The summed E-state index contributed by atoms with van der Waals surface area (Å²) in [4.78, 5) is 12.8. The molecule has 0 fully saturated rings. The van der Waals surface area contributed by atoms with Crippen LogP contribution in [0.5, 0.6) is 0 Å². The Morgan fingerprint density at radius 2 is 2.08 bits per heavy atom. The van der Waals surface area contributed by atoms with Gasteiger partial charge in [-0.05, 0) is 24.3 Å². The van der Waals surface area contributed by atoms with Crippen LogP contribution in [-0.2, 0) is 4.79 Å². The number of fused-ring (bicyclic) bond motifs is 1. The van der Waals surface area contributed by atoms with Crippen LogP contribution in [0, 0.1) is 5.92 Å². The molecule has 0 saturated heterocycles. The molecular formula is C15H18BrN6OS2+. The van der Waals surface area contributed by atoms with E-state index in [4.69, 9.17) is 0 Å². The zero-order valence-electron chi connectivity index (χ0n) is 13.8. The molecule has 1 aromatic carbocycles. The third-order valence-electron chi connectivity index (χ3n) is 3.59. The van der Waals surface area contributed by atoms with E-state index >= 15 is 0 Å². The molecule has 0 aliphatic heterocycles. The Hall–Kier alpha value is -1.49. The van der Waals surface area contributed by atoms with Crippen LogP contribution < -0.4 is 11.1 Å². The highest BCUT2D eigenvalue weighted by atomic mass is 79.9. The lowest BCUT2D eigenvalue weighted by atomic mass is 10.1. The average Bonchev–Trinajstić information content (AvgIpc) is 3.14. The molecule has 3 aromatic rings. The largest absolute Gasteiger partial charge is 0.348 e. The standard InChI is InChI=1S/C15H17BrN6OS2/c1-8(2)12(17)13-19-20-14-22(13)21-15(25-14)24-7-11(23)18-10-5-3-9(16)4-6-10/h3-6,8,12H,7,17H2,1-2H3,(H,18,23)/p+1/t12-/m0/s1. The van der Waals surface area contributed by atoms with Gasteiger partial charge in [0.1, 0.15) is 6.04 Å². The Balaban J connectivity index is 1.63. The van der Waals surface area contributed by atoms with Crippen molar-refractivity contribution in [2.75, 3.05) is 11.1 Å². The number of carbonyl (C=O) groups is 1. The van der Waals surface area contributed by atoms with Crippen LogP contribution in [0.2, 0.25) is 0 Å². The molecular weight excluding hydrogens is 424 g/mol. The molecule has 0 spiro atoms. The number of carbonyl (C=O) groups excluding carboxylic acids is 1. The minimum Gasteiger partial charge on any atom is -0.348 e. The fourth-order valence-electron chi connectivity index (χ4n) is 2.06. The first-order chi connectivity index (χ1) is 11.9. The van der Waals surface area contributed by atoms with Crippen LogP contribution in [-0.4, -0.2) is 31.5 Å². The fraction of sp³-hybridized carbons (Fsp3) is 0.333. The zero-order valence-corrected chi connectivity index (χ0v) is 17.0. The number of quaternary nitrogens is 1. The third kappa shape index (κ3) is 4.38. The maximum Gasteiger partial charge on any atom is 0.235 e. The summed E-state index contributed by atoms with van der Waals surface area (Å²) in [5.74, 6) is 1.32. The van der Waals surface area contributed by atoms with E-state index in [0.29, 0.717) is 5.92 Å². The summed E-state index contributed by atoms with van der Waals surface area (Å²) >= 11 is 6.18. The second-order valence-electron chi connectivity index (χ2n) is 5.81. The molecule has 0 saturated carbocycles. The summed E-state index contributed by atoms with van der Waals surface area (Å²) in [6.07, 6.45) is 0. The maximum atomic E-state index is 12.1. The molecule has 0 unspecified atom stereocenters. The molecule has 132 valence electrons. The van der Waals surface area contributed by atoms with Crippen molar-refractivity contribution in [1.29, 1.82) is 0 Å². The molecule has 1 amide bonds. The van der Waals surface area contributed by atoms with Crippen molar-refractivity contribution in [3.63, 3.8) is 0 Å².